The summed E-state index contributed by atoms with van der Waals surface area (Å²) in [6.45, 7) is 1.40. The predicted molar refractivity (Wildman–Crippen MR) is 75.0 cm³/mol. The first-order chi connectivity index (χ1) is 9.63. The second kappa shape index (κ2) is 6.29. The van der Waals surface area contributed by atoms with E-state index >= 15 is 0 Å². The SMILES string of the molecule is COc1cnn(CCN(C)C)c1C(=O)c1ccccn1. The monoisotopic (exact) mass is 274 g/mol. The van der Waals surface area contributed by atoms with Crippen molar-refractivity contribution in [2.24, 2.45) is 0 Å². The van der Waals surface area contributed by atoms with Crippen molar-refractivity contribution in [3.05, 3.63) is 42.0 Å². The lowest BCUT2D eigenvalue weighted by atomic mass is 10.2. The highest BCUT2D eigenvalue weighted by Crippen LogP contribution is 2.20. The maximum atomic E-state index is 12.5. The number of ether oxygens (including phenoxy) is 1. The molecule has 0 N–H and O–H groups in total. The lowest BCUT2D eigenvalue weighted by molar-refractivity contribution is 0.102. The molecule has 0 saturated carbocycles. The Balaban J connectivity index is 2.33. The van der Waals surface area contributed by atoms with Crippen LogP contribution < -0.4 is 4.74 Å². The first-order valence-corrected chi connectivity index (χ1v) is 6.33. The summed E-state index contributed by atoms with van der Waals surface area (Å²) in [6.07, 6.45) is 3.16. The smallest absolute Gasteiger partial charge is 0.233 e. The van der Waals surface area contributed by atoms with E-state index in [0.717, 1.165) is 6.54 Å². The Hall–Kier alpha value is -2.21. The van der Waals surface area contributed by atoms with Crippen LogP contribution in [0.4, 0.5) is 0 Å². The normalized spacial score (nSPS) is 10.8. The van der Waals surface area contributed by atoms with E-state index in [1.54, 1.807) is 35.3 Å². The van der Waals surface area contributed by atoms with Crippen molar-refractivity contribution in [3.63, 3.8) is 0 Å². The summed E-state index contributed by atoms with van der Waals surface area (Å²) in [5.74, 6) is 0.290. The molecule has 0 aliphatic rings. The molecule has 2 aromatic heterocycles. The molecule has 0 bridgehead atoms. The molecule has 6 heteroatoms. The van der Waals surface area contributed by atoms with Crippen LogP contribution in [0.2, 0.25) is 0 Å². The van der Waals surface area contributed by atoms with E-state index in [-0.39, 0.29) is 5.78 Å². The number of rotatable bonds is 6. The van der Waals surface area contributed by atoms with Crippen molar-refractivity contribution in [1.82, 2.24) is 19.7 Å². The van der Waals surface area contributed by atoms with E-state index in [0.29, 0.717) is 23.7 Å². The molecule has 0 fully saturated rings. The van der Waals surface area contributed by atoms with Gasteiger partial charge < -0.3 is 9.64 Å². The van der Waals surface area contributed by atoms with Crippen molar-refractivity contribution in [3.8, 4) is 5.75 Å². The third kappa shape index (κ3) is 3.03. The largest absolute Gasteiger partial charge is 0.493 e. The molecule has 0 amide bonds. The van der Waals surface area contributed by atoms with Gasteiger partial charge in [-0.1, -0.05) is 6.07 Å². The summed E-state index contributed by atoms with van der Waals surface area (Å²) in [7, 11) is 5.48. The molecule has 0 aromatic carbocycles. The minimum atomic E-state index is -0.182. The number of carbonyl (C=O) groups excluding carboxylic acids is 1. The minimum absolute atomic E-state index is 0.182. The Morgan fingerprint density at radius 1 is 1.40 bits per heavy atom. The molecule has 0 atom stereocenters. The minimum Gasteiger partial charge on any atom is -0.493 e. The zero-order chi connectivity index (χ0) is 14.5. The Kier molecular flexibility index (Phi) is 4.47. The molecule has 2 heterocycles. The number of hydrogen-bond acceptors (Lipinski definition) is 5. The van der Waals surface area contributed by atoms with Gasteiger partial charge in [0.25, 0.3) is 0 Å². The van der Waals surface area contributed by atoms with Crippen LogP contribution in [0.25, 0.3) is 0 Å². The number of hydrogen-bond donors (Lipinski definition) is 0. The van der Waals surface area contributed by atoms with Crippen LogP contribution >= 0.6 is 0 Å². The molecule has 0 saturated heterocycles. The first kappa shape index (κ1) is 14.2. The molecule has 0 radical (unpaired) electrons. The number of carbonyl (C=O) groups is 1. The lowest BCUT2D eigenvalue weighted by Crippen LogP contribution is -2.22. The van der Waals surface area contributed by atoms with Gasteiger partial charge in [0.15, 0.2) is 11.4 Å². The molecule has 0 aliphatic carbocycles. The van der Waals surface area contributed by atoms with Gasteiger partial charge in [0.2, 0.25) is 5.78 Å². The third-order valence-electron chi connectivity index (χ3n) is 2.90. The number of likely N-dealkylation sites (N-methyl/N-ethyl adjacent to an activating group) is 1. The Morgan fingerprint density at radius 2 is 2.20 bits per heavy atom. The quantitative estimate of drug-likeness (QED) is 0.738. The first-order valence-electron chi connectivity index (χ1n) is 6.33. The van der Waals surface area contributed by atoms with E-state index in [9.17, 15) is 4.79 Å². The molecule has 2 rings (SSSR count). The van der Waals surface area contributed by atoms with Gasteiger partial charge in [0.1, 0.15) is 5.69 Å². The molecule has 0 spiro atoms. The van der Waals surface area contributed by atoms with Gasteiger partial charge >= 0.3 is 0 Å². The van der Waals surface area contributed by atoms with Crippen molar-refractivity contribution >= 4 is 5.78 Å². The summed E-state index contributed by atoms with van der Waals surface area (Å²) in [4.78, 5) is 18.7. The van der Waals surface area contributed by atoms with Crippen molar-refractivity contribution in [1.29, 1.82) is 0 Å². The Bertz CT molecular complexity index is 578. The molecule has 106 valence electrons. The van der Waals surface area contributed by atoms with Crippen LogP contribution in [0.5, 0.6) is 5.75 Å². The van der Waals surface area contributed by atoms with Gasteiger partial charge in [-0.05, 0) is 26.2 Å². The van der Waals surface area contributed by atoms with E-state index in [2.05, 4.69) is 10.1 Å². The standard InChI is InChI=1S/C14H18N4O2/c1-17(2)8-9-18-13(12(20-3)10-16-18)14(19)11-6-4-5-7-15-11/h4-7,10H,8-9H2,1-3H3. The number of nitrogens with zero attached hydrogens (tertiary/aromatic N) is 4. The van der Waals surface area contributed by atoms with E-state index < -0.39 is 0 Å². The molecule has 6 nitrogen and oxygen atoms in total. The number of methoxy groups -OCH3 is 1. The summed E-state index contributed by atoms with van der Waals surface area (Å²) in [5.41, 5.74) is 0.824. The topological polar surface area (TPSA) is 60.2 Å². The second-order valence-corrected chi connectivity index (χ2v) is 4.63. The molecular weight excluding hydrogens is 256 g/mol. The summed E-state index contributed by atoms with van der Waals surface area (Å²) in [6, 6.07) is 5.25. The van der Waals surface area contributed by atoms with Gasteiger partial charge in [-0.15, -0.1) is 0 Å². The molecule has 2 aromatic rings. The maximum absolute atomic E-state index is 12.5. The predicted octanol–water partition coefficient (Wildman–Crippen LogP) is 1.08. The zero-order valence-corrected chi connectivity index (χ0v) is 11.9. The van der Waals surface area contributed by atoms with Crippen LogP contribution in [-0.2, 0) is 6.54 Å². The molecule has 20 heavy (non-hydrogen) atoms. The van der Waals surface area contributed by atoms with Gasteiger partial charge in [-0.25, -0.2) is 0 Å². The van der Waals surface area contributed by atoms with Gasteiger partial charge in [0.05, 0.1) is 19.9 Å². The average molecular weight is 274 g/mol. The molecule has 0 aliphatic heterocycles. The number of aromatic nitrogens is 3. The fraction of sp³-hybridized carbons (Fsp3) is 0.357. The fourth-order valence-corrected chi connectivity index (χ4v) is 1.83. The van der Waals surface area contributed by atoms with Gasteiger partial charge in [-0.3, -0.25) is 14.5 Å². The van der Waals surface area contributed by atoms with Crippen LogP contribution in [-0.4, -0.2) is 53.2 Å². The number of pyridine rings is 1. The van der Waals surface area contributed by atoms with E-state index in [1.165, 1.54) is 7.11 Å². The second-order valence-electron chi connectivity index (χ2n) is 4.63. The molecular formula is C14H18N4O2. The number of ketones is 1. The average Bonchev–Trinajstić information content (AvgIpc) is 2.88. The van der Waals surface area contributed by atoms with Crippen molar-refractivity contribution in [2.45, 2.75) is 6.54 Å². The van der Waals surface area contributed by atoms with E-state index in [4.69, 9.17) is 4.74 Å². The maximum Gasteiger partial charge on any atom is 0.233 e. The van der Waals surface area contributed by atoms with Crippen molar-refractivity contribution in [2.75, 3.05) is 27.7 Å². The summed E-state index contributed by atoms with van der Waals surface area (Å²) >= 11 is 0. The zero-order valence-electron chi connectivity index (χ0n) is 11.9. The van der Waals surface area contributed by atoms with Crippen LogP contribution in [0.15, 0.2) is 30.6 Å². The van der Waals surface area contributed by atoms with Crippen LogP contribution in [0.3, 0.4) is 0 Å². The third-order valence-corrected chi connectivity index (χ3v) is 2.90. The highest BCUT2D eigenvalue weighted by molar-refractivity contribution is 6.08. The van der Waals surface area contributed by atoms with E-state index in [1.807, 2.05) is 19.0 Å². The highest BCUT2D eigenvalue weighted by Gasteiger charge is 2.21. The lowest BCUT2D eigenvalue weighted by Gasteiger charge is -2.11. The summed E-state index contributed by atoms with van der Waals surface area (Å²) in [5, 5.41) is 4.22. The Morgan fingerprint density at radius 3 is 2.80 bits per heavy atom. The fourth-order valence-electron chi connectivity index (χ4n) is 1.83. The van der Waals surface area contributed by atoms with Gasteiger partial charge in [0, 0.05) is 12.7 Å². The van der Waals surface area contributed by atoms with Crippen LogP contribution in [0.1, 0.15) is 16.2 Å². The van der Waals surface area contributed by atoms with Crippen molar-refractivity contribution < 1.29 is 9.53 Å². The molecule has 0 unspecified atom stereocenters. The highest BCUT2D eigenvalue weighted by atomic mass is 16.5. The van der Waals surface area contributed by atoms with Crippen LogP contribution in [0, 0.1) is 0 Å². The summed E-state index contributed by atoms with van der Waals surface area (Å²) < 4.78 is 6.89. The Labute approximate surface area is 118 Å². The van der Waals surface area contributed by atoms with Gasteiger partial charge in [-0.2, -0.15) is 5.10 Å².